The van der Waals surface area contributed by atoms with Gasteiger partial charge in [0.1, 0.15) is 0 Å². The molecule has 4 rings (SSSR count). The second-order valence-electron chi connectivity index (χ2n) is 6.68. The lowest BCUT2D eigenvalue weighted by Crippen LogP contribution is -2.23. The van der Waals surface area contributed by atoms with Gasteiger partial charge in [0.2, 0.25) is 0 Å². The van der Waals surface area contributed by atoms with E-state index in [-0.39, 0.29) is 11.9 Å². The Morgan fingerprint density at radius 3 is 2.59 bits per heavy atom. The van der Waals surface area contributed by atoms with Crippen molar-refractivity contribution in [3.8, 4) is 0 Å². The van der Waals surface area contributed by atoms with Gasteiger partial charge in [-0.25, -0.2) is 5.01 Å². The van der Waals surface area contributed by atoms with Crippen molar-refractivity contribution in [3.63, 3.8) is 0 Å². The van der Waals surface area contributed by atoms with Gasteiger partial charge in [-0.1, -0.05) is 52.0 Å². The third-order valence-electron chi connectivity index (χ3n) is 4.60. The first-order valence-corrected chi connectivity index (χ1v) is 10.4. The maximum absolute atomic E-state index is 11.7. The third kappa shape index (κ3) is 3.80. The van der Waals surface area contributed by atoms with Gasteiger partial charge in [-0.3, -0.25) is 4.79 Å². The van der Waals surface area contributed by atoms with Crippen LogP contribution in [0.25, 0.3) is 0 Å². The summed E-state index contributed by atoms with van der Waals surface area (Å²) in [6.07, 6.45) is 0.769. The molecule has 2 heterocycles. The number of benzene rings is 2. The van der Waals surface area contributed by atoms with E-state index in [1.165, 1.54) is 11.8 Å². The summed E-state index contributed by atoms with van der Waals surface area (Å²) < 4.78 is 1.02. The number of halogens is 1. The van der Waals surface area contributed by atoms with Crippen molar-refractivity contribution in [2.24, 2.45) is 10.1 Å². The monoisotopic (exact) mass is 442 g/mol. The molecule has 0 saturated heterocycles. The van der Waals surface area contributed by atoms with Crippen LogP contribution < -0.4 is 4.90 Å². The highest BCUT2D eigenvalue weighted by Crippen LogP contribution is 2.37. The minimum Gasteiger partial charge on any atom is -0.378 e. The number of anilines is 1. The summed E-state index contributed by atoms with van der Waals surface area (Å²) in [6.45, 7) is 0. The smallest absolute Gasteiger partial charge is 0.258 e. The number of carbonyl (C=O) groups is 1. The average molecular weight is 443 g/mol. The van der Waals surface area contributed by atoms with Gasteiger partial charge in [-0.2, -0.15) is 10.1 Å². The van der Waals surface area contributed by atoms with Gasteiger partial charge in [-0.05, 0) is 35.4 Å². The first-order chi connectivity index (χ1) is 13.0. The number of aliphatic imine (C=N–C) groups is 1. The van der Waals surface area contributed by atoms with Crippen molar-refractivity contribution in [2.75, 3.05) is 24.7 Å². The lowest BCUT2D eigenvalue weighted by molar-refractivity contribution is -0.115. The fourth-order valence-electron chi connectivity index (χ4n) is 3.20. The summed E-state index contributed by atoms with van der Waals surface area (Å²) in [7, 11) is 4.06. The highest BCUT2D eigenvalue weighted by Gasteiger charge is 2.34. The number of amidine groups is 1. The van der Waals surface area contributed by atoms with Crippen LogP contribution in [0.1, 0.15) is 23.6 Å². The van der Waals surface area contributed by atoms with Crippen molar-refractivity contribution in [2.45, 2.75) is 12.5 Å². The number of hydrazone groups is 1. The molecule has 0 aromatic heterocycles. The predicted molar refractivity (Wildman–Crippen MR) is 116 cm³/mol. The van der Waals surface area contributed by atoms with Gasteiger partial charge in [0, 0.05) is 30.7 Å². The molecule has 138 valence electrons. The SMILES string of the molecule is CN(C)c1ccc(C2CC(c3cccc(Br)c3)=NN2C2=NC(=O)CS2)cc1. The Hall–Kier alpha value is -2.12. The number of rotatable bonds is 3. The quantitative estimate of drug-likeness (QED) is 0.710. The van der Waals surface area contributed by atoms with Gasteiger partial charge in [0.15, 0.2) is 5.17 Å². The molecule has 2 aliphatic rings. The van der Waals surface area contributed by atoms with Crippen LogP contribution in [0, 0.1) is 0 Å². The van der Waals surface area contributed by atoms with E-state index in [0.717, 1.165) is 33.4 Å². The Morgan fingerprint density at radius 1 is 1.19 bits per heavy atom. The number of hydrogen-bond acceptors (Lipinski definition) is 5. The van der Waals surface area contributed by atoms with Crippen LogP contribution in [0.3, 0.4) is 0 Å². The fourth-order valence-corrected chi connectivity index (χ4v) is 4.38. The van der Waals surface area contributed by atoms with E-state index >= 15 is 0 Å². The zero-order valence-corrected chi connectivity index (χ0v) is 17.5. The van der Waals surface area contributed by atoms with E-state index in [4.69, 9.17) is 5.10 Å². The van der Waals surface area contributed by atoms with Crippen LogP contribution >= 0.6 is 27.7 Å². The molecule has 0 N–H and O–H groups in total. The van der Waals surface area contributed by atoms with Gasteiger partial charge in [0.05, 0.1) is 17.5 Å². The zero-order valence-electron chi connectivity index (χ0n) is 15.1. The molecule has 0 bridgehead atoms. The summed E-state index contributed by atoms with van der Waals surface area (Å²) in [5.41, 5.74) is 4.40. The van der Waals surface area contributed by atoms with Crippen LogP contribution in [0.2, 0.25) is 0 Å². The van der Waals surface area contributed by atoms with Gasteiger partial charge in [0.25, 0.3) is 5.91 Å². The molecule has 7 heteroatoms. The second-order valence-corrected chi connectivity index (χ2v) is 8.54. The number of carbonyl (C=O) groups excluding carboxylic acids is 1. The Balaban J connectivity index is 1.69. The van der Waals surface area contributed by atoms with Crippen molar-refractivity contribution in [3.05, 3.63) is 64.1 Å². The molecular weight excluding hydrogens is 424 g/mol. The maximum Gasteiger partial charge on any atom is 0.258 e. The second kappa shape index (κ2) is 7.48. The van der Waals surface area contributed by atoms with Gasteiger partial charge < -0.3 is 4.90 Å². The summed E-state index contributed by atoms with van der Waals surface area (Å²) in [6, 6.07) is 16.7. The summed E-state index contributed by atoms with van der Waals surface area (Å²) in [5.74, 6) is 0.294. The van der Waals surface area contributed by atoms with Crippen LogP contribution in [-0.2, 0) is 4.79 Å². The standard InChI is InChI=1S/C20H19BrN4OS/c1-24(2)16-8-6-13(7-9-16)18-11-17(14-4-3-5-15(21)10-14)23-25(18)20-22-19(26)12-27-20/h3-10,18H,11-12H2,1-2H3. The lowest BCUT2D eigenvalue weighted by Gasteiger charge is -2.23. The molecular formula is C20H19BrN4OS. The summed E-state index contributed by atoms with van der Waals surface area (Å²) in [4.78, 5) is 17.9. The van der Waals surface area contributed by atoms with E-state index in [0.29, 0.717) is 10.9 Å². The average Bonchev–Trinajstić information content (AvgIpc) is 3.28. The first kappa shape index (κ1) is 18.3. The van der Waals surface area contributed by atoms with E-state index in [1.807, 2.05) is 31.2 Å². The molecule has 1 amide bonds. The van der Waals surface area contributed by atoms with Crippen LogP contribution in [0.5, 0.6) is 0 Å². The predicted octanol–water partition coefficient (Wildman–Crippen LogP) is 4.30. The molecule has 1 atom stereocenters. The van der Waals surface area contributed by atoms with Crippen molar-refractivity contribution in [1.82, 2.24) is 5.01 Å². The molecule has 5 nitrogen and oxygen atoms in total. The molecule has 0 spiro atoms. The highest BCUT2D eigenvalue weighted by molar-refractivity contribution is 9.10. The summed E-state index contributed by atoms with van der Waals surface area (Å²) in [5, 5.41) is 7.45. The molecule has 2 aliphatic heterocycles. The summed E-state index contributed by atoms with van der Waals surface area (Å²) >= 11 is 4.99. The van der Waals surface area contributed by atoms with Gasteiger partial charge >= 0.3 is 0 Å². The minimum absolute atomic E-state index is 0.0346. The molecule has 0 aliphatic carbocycles. The van der Waals surface area contributed by atoms with E-state index < -0.39 is 0 Å². The Bertz CT molecular complexity index is 939. The molecule has 2 aromatic rings. The van der Waals surface area contributed by atoms with Crippen molar-refractivity contribution < 1.29 is 4.79 Å². The molecule has 0 radical (unpaired) electrons. The molecule has 0 fully saturated rings. The highest BCUT2D eigenvalue weighted by atomic mass is 79.9. The maximum atomic E-state index is 11.7. The molecule has 1 unspecified atom stereocenters. The number of thioether (sulfide) groups is 1. The fraction of sp³-hybridized carbons (Fsp3) is 0.250. The van der Waals surface area contributed by atoms with Crippen LogP contribution in [0.15, 0.2) is 63.1 Å². The zero-order chi connectivity index (χ0) is 19.0. The Kier molecular flexibility index (Phi) is 5.06. The normalized spacial score (nSPS) is 19.3. The number of nitrogens with zero attached hydrogens (tertiary/aromatic N) is 4. The topological polar surface area (TPSA) is 48.3 Å². The molecule has 2 aromatic carbocycles. The van der Waals surface area contributed by atoms with Crippen molar-refractivity contribution >= 4 is 50.2 Å². The van der Waals surface area contributed by atoms with Crippen molar-refractivity contribution in [1.29, 1.82) is 0 Å². The largest absolute Gasteiger partial charge is 0.378 e. The molecule has 27 heavy (non-hydrogen) atoms. The van der Waals surface area contributed by atoms with Crippen LogP contribution in [0.4, 0.5) is 5.69 Å². The number of hydrogen-bond donors (Lipinski definition) is 0. The van der Waals surface area contributed by atoms with E-state index in [9.17, 15) is 4.79 Å². The van der Waals surface area contributed by atoms with E-state index in [2.05, 4.69) is 62.2 Å². The number of amides is 1. The lowest BCUT2D eigenvalue weighted by atomic mass is 9.98. The van der Waals surface area contributed by atoms with Crippen LogP contribution in [-0.4, -0.2) is 41.6 Å². The van der Waals surface area contributed by atoms with E-state index in [1.54, 1.807) is 0 Å². The third-order valence-corrected chi connectivity index (χ3v) is 6.02. The Morgan fingerprint density at radius 2 is 1.96 bits per heavy atom. The molecule has 0 saturated carbocycles. The van der Waals surface area contributed by atoms with Gasteiger partial charge in [-0.15, -0.1) is 0 Å². The Labute approximate surface area is 171 Å². The first-order valence-electron chi connectivity index (χ1n) is 8.65. The minimum atomic E-state index is -0.0946.